The number of hydrogen-bond donors (Lipinski definition) is 2. The zero-order chi connectivity index (χ0) is 15.8. The second-order valence-corrected chi connectivity index (χ2v) is 5.11. The van der Waals surface area contributed by atoms with Gasteiger partial charge in [-0.25, -0.2) is 0 Å². The Labute approximate surface area is 127 Å². The molecule has 0 aromatic heterocycles. The summed E-state index contributed by atoms with van der Waals surface area (Å²) in [5.74, 6) is 0.604. The van der Waals surface area contributed by atoms with Gasteiger partial charge in [0.1, 0.15) is 5.75 Å². The van der Waals surface area contributed by atoms with Crippen LogP contribution in [0.1, 0.15) is 37.9 Å². The molecule has 0 aliphatic rings. The minimum Gasteiger partial charge on any atom is -0.481 e. The van der Waals surface area contributed by atoms with Crippen LogP contribution in [-0.2, 0) is 4.79 Å². The summed E-state index contributed by atoms with van der Waals surface area (Å²) in [6.07, 6.45) is 1.11. The van der Waals surface area contributed by atoms with Crippen molar-refractivity contribution in [2.45, 2.75) is 39.8 Å². The van der Waals surface area contributed by atoms with Gasteiger partial charge in [0.15, 0.2) is 6.10 Å². The summed E-state index contributed by atoms with van der Waals surface area (Å²) in [6.45, 7) is 12.9. The molecule has 0 radical (unpaired) electrons. The highest BCUT2D eigenvalue weighted by molar-refractivity contribution is 5.80. The summed E-state index contributed by atoms with van der Waals surface area (Å²) in [6, 6.07) is 6.19. The number of aryl methyl sites for hydroxylation is 1. The lowest BCUT2D eigenvalue weighted by atomic mass is 10.0. The molecule has 0 fully saturated rings. The van der Waals surface area contributed by atoms with Crippen LogP contribution in [0.4, 0.5) is 0 Å². The molecule has 2 N–H and O–H groups in total. The molecule has 0 aliphatic carbocycles. The quantitative estimate of drug-likeness (QED) is 0.724. The molecule has 0 saturated carbocycles. The van der Waals surface area contributed by atoms with E-state index < -0.39 is 6.10 Å². The Kier molecular flexibility index (Phi) is 6.96. The lowest BCUT2D eigenvalue weighted by Crippen LogP contribution is -2.36. The van der Waals surface area contributed by atoms with Gasteiger partial charge in [-0.2, -0.15) is 0 Å². The number of nitrogens with one attached hydrogen (secondary N) is 2. The zero-order valence-electron chi connectivity index (χ0n) is 13.4. The van der Waals surface area contributed by atoms with E-state index >= 15 is 0 Å². The number of ether oxygens (including phenoxy) is 1. The fraction of sp³-hybridized carbons (Fsp3) is 0.471. The van der Waals surface area contributed by atoms with Crippen molar-refractivity contribution in [2.24, 2.45) is 0 Å². The van der Waals surface area contributed by atoms with Crippen molar-refractivity contribution in [3.05, 3.63) is 42.0 Å². The van der Waals surface area contributed by atoms with Crippen molar-refractivity contribution in [2.75, 3.05) is 13.1 Å². The molecule has 21 heavy (non-hydrogen) atoms. The van der Waals surface area contributed by atoms with Crippen LogP contribution in [0.3, 0.4) is 0 Å². The van der Waals surface area contributed by atoms with Gasteiger partial charge in [0.25, 0.3) is 5.91 Å². The molecule has 0 heterocycles. The van der Waals surface area contributed by atoms with E-state index in [2.05, 4.69) is 37.1 Å². The Balaban J connectivity index is 2.86. The number of carbonyl (C=O) groups is 1. The number of carbonyl (C=O) groups excluding carboxylic acids is 1. The average Bonchev–Trinajstić information content (AvgIpc) is 2.46. The second kappa shape index (κ2) is 8.47. The van der Waals surface area contributed by atoms with Crippen LogP contribution in [0.2, 0.25) is 0 Å². The maximum atomic E-state index is 11.9. The van der Waals surface area contributed by atoms with Crippen LogP contribution in [-0.4, -0.2) is 25.1 Å². The molecule has 4 heteroatoms. The van der Waals surface area contributed by atoms with E-state index in [1.165, 1.54) is 5.56 Å². The SMILES string of the molecule is C=CCNC(=O)C(C)Oc1ccc(C)cc1C(C)NCC. The molecule has 4 nitrogen and oxygen atoms in total. The summed E-state index contributed by atoms with van der Waals surface area (Å²) in [4.78, 5) is 11.9. The smallest absolute Gasteiger partial charge is 0.261 e. The molecule has 1 rings (SSSR count). The topological polar surface area (TPSA) is 50.4 Å². The van der Waals surface area contributed by atoms with Gasteiger partial charge >= 0.3 is 0 Å². The molecule has 1 aromatic rings. The highest BCUT2D eigenvalue weighted by Gasteiger charge is 2.17. The maximum Gasteiger partial charge on any atom is 0.261 e. The molecule has 1 amide bonds. The van der Waals surface area contributed by atoms with E-state index in [1.807, 2.05) is 19.1 Å². The molecule has 0 spiro atoms. The van der Waals surface area contributed by atoms with Crippen LogP contribution in [0.5, 0.6) is 5.75 Å². The molecule has 0 saturated heterocycles. The van der Waals surface area contributed by atoms with Crippen molar-refractivity contribution >= 4 is 5.91 Å². The molecular weight excluding hydrogens is 264 g/mol. The fourth-order valence-electron chi connectivity index (χ4n) is 2.09. The largest absolute Gasteiger partial charge is 0.481 e. The summed E-state index contributed by atoms with van der Waals surface area (Å²) < 4.78 is 5.84. The minimum atomic E-state index is -0.541. The van der Waals surface area contributed by atoms with E-state index in [0.717, 1.165) is 17.9 Å². The van der Waals surface area contributed by atoms with Crippen LogP contribution < -0.4 is 15.4 Å². The standard InChI is InChI=1S/C17H26N2O2/c1-6-10-19-17(20)14(5)21-16-9-8-12(3)11-15(16)13(4)18-7-2/h6,8-9,11,13-14,18H,1,7,10H2,2-5H3,(H,19,20). The van der Waals surface area contributed by atoms with Crippen LogP contribution in [0.25, 0.3) is 0 Å². The molecule has 0 aliphatic heterocycles. The van der Waals surface area contributed by atoms with Crippen molar-refractivity contribution in [1.29, 1.82) is 0 Å². The third-order valence-corrected chi connectivity index (χ3v) is 3.24. The lowest BCUT2D eigenvalue weighted by molar-refractivity contribution is -0.127. The molecule has 1 aromatic carbocycles. The second-order valence-electron chi connectivity index (χ2n) is 5.11. The van der Waals surface area contributed by atoms with Gasteiger partial charge in [-0.3, -0.25) is 4.79 Å². The predicted octanol–water partition coefficient (Wildman–Crippen LogP) is 2.74. The van der Waals surface area contributed by atoms with Crippen molar-refractivity contribution in [3.63, 3.8) is 0 Å². The Bertz CT molecular complexity index is 486. The van der Waals surface area contributed by atoms with E-state index in [1.54, 1.807) is 13.0 Å². The van der Waals surface area contributed by atoms with E-state index in [4.69, 9.17) is 4.74 Å². The molecule has 2 unspecified atom stereocenters. The third-order valence-electron chi connectivity index (χ3n) is 3.24. The normalized spacial score (nSPS) is 13.3. The van der Waals surface area contributed by atoms with Crippen molar-refractivity contribution in [3.8, 4) is 5.75 Å². The first-order valence-corrected chi connectivity index (χ1v) is 7.38. The van der Waals surface area contributed by atoms with E-state index in [0.29, 0.717) is 6.54 Å². The van der Waals surface area contributed by atoms with Gasteiger partial charge in [0.05, 0.1) is 0 Å². The summed E-state index contributed by atoms with van der Waals surface area (Å²) in [7, 11) is 0. The van der Waals surface area contributed by atoms with Gasteiger partial charge in [-0.1, -0.05) is 30.7 Å². The average molecular weight is 290 g/mol. The van der Waals surface area contributed by atoms with Gasteiger partial charge in [-0.05, 0) is 33.4 Å². The first-order valence-electron chi connectivity index (χ1n) is 7.38. The number of amides is 1. The van der Waals surface area contributed by atoms with Crippen LogP contribution >= 0.6 is 0 Å². The zero-order valence-corrected chi connectivity index (χ0v) is 13.4. The monoisotopic (exact) mass is 290 g/mol. The van der Waals surface area contributed by atoms with Crippen molar-refractivity contribution in [1.82, 2.24) is 10.6 Å². The predicted molar refractivity (Wildman–Crippen MR) is 86.6 cm³/mol. The van der Waals surface area contributed by atoms with E-state index in [-0.39, 0.29) is 11.9 Å². The Morgan fingerprint density at radius 3 is 2.76 bits per heavy atom. The molecular formula is C17H26N2O2. The first-order chi connectivity index (χ1) is 9.99. The van der Waals surface area contributed by atoms with Gasteiger partial charge in [0.2, 0.25) is 0 Å². The Morgan fingerprint density at radius 2 is 2.14 bits per heavy atom. The molecule has 2 atom stereocenters. The van der Waals surface area contributed by atoms with E-state index in [9.17, 15) is 4.79 Å². The highest BCUT2D eigenvalue weighted by Crippen LogP contribution is 2.27. The number of benzene rings is 1. The third kappa shape index (κ3) is 5.23. The fourth-order valence-corrected chi connectivity index (χ4v) is 2.09. The molecule has 0 bridgehead atoms. The summed E-state index contributed by atoms with van der Waals surface area (Å²) >= 11 is 0. The number of rotatable bonds is 8. The summed E-state index contributed by atoms with van der Waals surface area (Å²) in [5.41, 5.74) is 2.24. The lowest BCUT2D eigenvalue weighted by Gasteiger charge is -2.21. The van der Waals surface area contributed by atoms with Crippen LogP contribution in [0, 0.1) is 6.92 Å². The first kappa shape index (κ1) is 17.2. The van der Waals surface area contributed by atoms with Gasteiger partial charge in [-0.15, -0.1) is 6.58 Å². The van der Waals surface area contributed by atoms with Crippen molar-refractivity contribution < 1.29 is 9.53 Å². The maximum absolute atomic E-state index is 11.9. The highest BCUT2D eigenvalue weighted by atomic mass is 16.5. The number of hydrogen-bond acceptors (Lipinski definition) is 3. The van der Waals surface area contributed by atoms with Gasteiger partial charge in [0, 0.05) is 18.2 Å². The summed E-state index contributed by atoms with van der Waals surface area (Å²) in [5, 5.41) is 6.11. The Morgan fingerprint density at radius 1 is 1.43 bits per heavy atom. The van der Waals surface area contributed by atoms with Gasteiger partial charge < -0.3 is 15.4 Å². The minimum absolute atomic E-state index is 0.141. The molecule has 116 valence electrons. The van der Waals surface area contributed by atoms with Crippen LogP contribution in [0.15, 0.2) is 30.9 Å². The Hall–Kier alpha value is -1.81.